The maximum atomic E-state index is 6.18. The van der Waals surface area contributed by atoms with Crippen LogP contribution in [-0.2, 0) is 6.42 Å². The largest absolute Gasteiger partial charge is 0.323 e. The van der Waals surface area contributed by atoms with Crippen LogP contribution in [0.15, 0.2) is 32.7 Å². The van der Waals surface area contributed by atoms with Gasteiger partial charge in [-0.2, -0.15) is 0 Å². The number of aryl methyl sites for hydroxylation is 1. The van der Waals surface area contributed by atoms with E-state index in [1.54, 1.807) is 11.3 Å². The summed E-state index contributed by atoms with van der Waals surface area (Å²) in [5.41, 5.74) is 8.38. The smallest absolute Gasteiger partial charge is 0.0843 e. The Morgan fingerprint density at radius 2 is 2.18 bits per heavy atom. The van der Waals surface area contributed by atoms with E-state index in [1.165, 1.54) is 5.56 Å². The molecule has 0 radical (unpaired) electrons. The van der Waals surface area contributed by atoms with Gasteiger partial charge >= 0.3 is 0 Å². The van der Waals surface area contributed by atoms with Crippen LogP contribution in [0.25, 0.3) is 0 Å². The first-order valence-corrected chi connectivity index (χ1v) is 7.58. The zero-order chi connectivity index (χ0) is 12.4. The molecule has 2 N–H and O–H groups in total. The summed E-state index contributed by atoms with van der Waals surface area (Å²) in [7, 11) is 0. The summed E-state index contributed by atoms with van der Waals surface area (Å²) in [6.07, 6.45) is 2.64. The number of pyridine rings is 1. The van der Waals surface area contributed by atoms with Gasteiger partial charge in [0.25, 0.3) is 0 Å². The SMILES string of the molecule is Cc1ccc(CC(N)c2cc(Br)c(Br)s2)nc1. The van der Waals surface area contributed by atoms with Gasteiger partial charge in [-0.25, -0.2) is 0 Å². The molecule has 1 unspecified atom stereocenters. The van der Waals surface area contributed by atoms with Crippen molar-refractivity contribution in [1.29, 1.82) is 0 Å². The molecule has 17 heavy (non-hydrogen) atoms. The average molecular weight is 376 g/mol. The molecule has 5 heteroatoms. The predicted octanol–water partition coefficient (Wildman–Crippen LogP) is 4.22. The van der Waals surface area contributed by atoms with Gasteiger partial charge in [0, 0.05) is 33.7 Å². The molecule has 2 aromatic heterocycles. The summed E-state index contributed by atoms with van der Waals surface area (Å²) in [6.45, 7) is 2.03. The first-order valence-electron chi connectivity index (χ1n) is 5.18. The summed E-state index contributed by atoms with van der Waals surface area (Å²) in [4.78, 5) is 5.53. The molecule has 0 aliphatic carbocycles. The van der Waals surface area contributed by atoms with Gasteiger partial charge < -0.3 is 5.73 Å². The Balaban J connectivity index is 2.11. The topological polar surface area (TPSA) is 38.9 Å². The fourth-order valence-electron chi connectivity index (χ4n) is 1.49. The molecular formula is C12H12Br2N2S. The minimum Gasteiger partial charge on any atom is -0.323 e. The Labute approximate surface area is 122 Å². The van der Waals surface area contributed by atoms with Gasteiger partial charge in [-0.3, -0.25) is 4.98 Å². The first kappa shape index (κ1) is 13.2. The molecule has 2 rings (SSSR count). The zero-order valence-electron chi connectivity index (χ0n) is 9.28. The van der Waals surface area contributed by atoms with E-state index in [0.717, 1.165) is 25.3 Å². The highest BCUT2D eigenvalue weighted by Crippen LogP contribution is 2.35. The number of nitrogens with two attached hydrogens (primary N) is 1. The van der Waals surface area contributed by atoms with E-state index in [9.17, 15) is 0 Å². The summed E-state index contributed by atoms with van der Waals surface area (Å²) < 4.78 is 2.14. The lowest BCUT2D eigenvalue weighted by Crippen LogP contribution is -2.12. The number of hydrogen-bond donors (Lipinski definition) is 1. The number of halogens is 2. The van der Waals surface area contributed by atoms with Gasteiger partial charge in [0.15, 0.2) is 0 Å². The summed E-state index contributed by atoms with van der Waals surface area (Å²) in [5, 5.41) is 0. The molecule has 1 atom stereocenters. The fourth-order valence-corrected chi connectivity index (χ4v) is 3.58. The van der Waals surface area contributed by atoms with Gasteiger partial charge in [-0.15, -0.1) is 11.3 Å². The van der Waals surface area contributed by atoms with Crippen molar-refractivity contribution in [3.63, 3.8) is 0 Å². The minimum atomic E-state index is -0.00203. The van der Waals surface area contributed by atoms with Crippen LogP contribution in [0.3, 0.4) is 0 Å². The second-order valence-electron chi connectivity index (χ2n) is 3.91. The van der Waals surface area contributed by atoms with Crippen LogP contribution in [0.5, 0.6) is 0 Å². The van der Waals surface area contributed by atoms with Gasteiger partial charge in [0.1, 0.15) is 0 Å². The standard InChI is InChI=1S/C12H12Br2N2S/c1-7-2-3-8(16-6-7)4-10(15)11-5-9(13)12(14)17-11/h2-3,5-6,10H,4,15H2,1H3. The van der Waals surface area contributed by atoms with E-state index < -0.39 is 0 Å². The van der Waals surface area contributed by atoms with E-state index in [4.69, 9.17) is 5.73 Å². The van der Waals surface area contributed by atoms with E-state index in [1.807, 2.05) is 19.2 Å². The fraction of sp³-hybridized carbons (Fsp3) is 0.250. The maximum Gasteiger partial charge on any atom is 0.0843 e. The lowest BCUT2D eigenvalue weighted by molar-refractivity contribution is 0.719. The molecule has 0 saturated heterocycles. The second-order valence-corrected chi connectivity index (χ2v) is 7.16. The number of hydrogen-bond acceptors (Lipinski definition) is 3. The molecule has 0 fully saturated rings. The summed E-state index contributed by atoms with van der Waals surface area (Å²) in [6, 6.07) is 6.16. The Morgan fingerprint density at radius 3 is 2.71 bits per heavy atom. The zero-order valence-corrected chi connectivity index (χ0v) is 13.3. The lowest BCUT2D eigenvalue weighted by atomic mass is 10.1. The number of aromatic nitrogens is 1. The predicted molar refractivity (Wildman–Crippen MR) is 79.3 cm³/mol. The van der Waals surface area contributed by atoms with Crippen molar-refractivity contribution in [1.82, 2.24) is 4.98 Å². The van der Waals surface area contributed by atoms with Crippen molar-refractivity contribution < 1.29 is 0 Å². The maximum absolute atomic E-state index is 6.18. The van der Waals surface area contributed by atoms with Crippen LogP contribution < -0.4 is 5.73 Å². The Morgan fingerprint density at radius 1 is 1.41 bits per heavy atom. The first-order chi connectivity index (χ1) is 8.06. The van der Waals surface area contributed by atoms with Crippen molar-refractivity contribution in [2.45, 2.75) is 19.4 Å². The molecule has 90 valence electrons. The van der Waals surface area contributed by atoms with Gasteiger partial charge in [-0.05, 0) is 56.5 Å². The molecule has 2 heterocycles. The van der Waals surface area contributed by atoms with Crippen LogP contribution in [0.4, 0.5) is 0 Å². The van der Waals surface area contributed by atoms with E-state index in [-0.39, 0.29) is 6.04 Å². The van der Waals surface area contributed by atoms with Crippen LogP contribution in [0, 0.1) is 6.92 Å². The number of thiophene rings is 1. The van der Waals surface area contributed by atoms with Crippen molar-refractivity contribution in [3.8, 4) is 0 Å². The molecule has 0 aromatic carbocycles. The molecule has 2 nitrogen and oxygen atoms in total. The van der Waals surface area contributed by atoms with E-state index >= 15 is 0 Å². The van der Waals surface area contributed by atoms with Crippen molar-refractivity contribution >= 4 is 43.2 Å². The third-order valence-electron chi connectivity index (χ3n) is 2.43. The highest BCUT2D eigenvalue weighted by atomic mass is 79.9. The highest BCUT2D eigenvalue weighted by molar-refractivity contribution is 9.13. The number of nitrogens with zero attached hydrogens (tertiary/aromatic N) is 1. The Kier molecular flexibility index (Phi) is 4.36. The minimum absolute atomic E-state index is 0.00203. The summed E-state index contributed by atoms with van der Waals surface area (Å²) in [5.74, 6) is 0. The average Bonchev–Trinajstić information content (AvgIpc) is 2.63. The van der Waals surface area contributed by atoms with Crippen molar-refractivity contribution in [2.24, 2.45) is 5.73 Å². The third kappa shape index (κ3) is 3.37. The molecule has 0 saturated carbocycles. The molecule has 0 aliphatic heterocycles. The van der Waals surface area contributed by atoms with Gasteiger partial charge in [0.2, 0.25) is 0 Å². The second kappa shape index (κ2) is 5.61. The molecule has 2 aromatic rings. The van der Waals surface area contributed by atoms with Crippen LogP contribution in [-0.4, -0.2) is 4.98 Å². The Bertz CT molecular complexity index is 488. The van der Waals surface area contributed by atoms with Crippen LogP contribution in [0.1, 0.15) is 22.2 Å². The van der Waals surface area contributed by atoms with Crippen molar-refractivity contribution in [2.75, 3.05) is 0 Å². The van der Waals surface area contributed by atoms with Gasteiger partial charge in [-0.1, -0.05) is 6.07 Å². The molecule has 0 spiro atoms. The van der Waals surface area contributed by atoms with E-state index in [0.29, 0.717) is 0 Å². The van der Waals surface area contributed by atoms with Crippen molar-refractivity contribution in [3.05, 3.63) is 48.8 Å². The quantitative estimate of drug-likeness (QED) is 0.872. The van der Waals surface area contributed by atoms with Crippen LogP contribution in [0.2, 0.25) is 0 Å². The number of rotatable bonds is 3. The Hall–Kier alpha value is -0.230. The molecule has 0 bridgehead atoms. The van der Waals surface area contributed by atoms with Crippen LogP contribution >= 0.6 is 43.2 Å². The highest BCUT2D eigenvalue weighted by Gasteiger charge is 2.12. The normalized spacial score (nSPS) is 12.7. The third-order valence-corrected chi connectivity index (χ3v) is 5.82. The monoisotopic (exact) mass is 374 g/mol. The van der Waals surface area contributed by atoms with Gasteiger partial charge in [0.05, 0.1) is 3.79 Å². The molecular weight excluding hydrogens is 364 g/mol. The molecule has 0 amide bonds. The lowest BCUT2D eigenvalue weighted by Gasteiger charge is -2.08. The van der Waals surface area contributed by atoms with E-state index in [2.05, 4.69) is 49.0 Å². The summed E-state index contributed by atoms with van der Waals surface area (Å²) >= 11 is 8.61. The molecule has 0 aliphatic rings.